The second-order valence-electron chi connectivity index (χ2n) is 8.74. The lowest BCUT2D eigenvalue weighted by molar-refractivity contribution is -0.234. The summed E-state index contributed by atoms with van der Waals surface area (Å²) in [7, 11) is 1.69. The SMILES string of the molecule is COCC1(O)C2(CCCC2O)C2CC3CCCC2(C)C31C. The smallest absolute Gasteiger partial charge is 0.102 e. The van der Waals surface area contributed by atoms with Gasteiger partial charge in [-0.1, -0.05) is 26.7 Å². The van der Waals surface area contributed by atoms with E-state index in [9.17, 15) is 10.2 Å². The van der Waals surface area contributed by atoms with E-state index in [1.807, 2.05) is 0 Å². The van der Waals surface area contributed by atoms with E-state index >= 15 is 0 Å². The first-order valence-corrected chi connectivity index (χ1v) is 8.78. The van der Waals surface area contributed by atoms with Crippen molar-refractivity contribution in [3.8, 4) is 0 Å². The van der Waals surface area contributed by atoms with Gasteiger partial charge in [-0.05, 0) is 49.4 Å². The van der Waals surface area contributed by atoms with Crippen LogP contribution < -0.4 is 0 Å². The van der Waals surface area contributed by atoms with Crippen LogP contribution in [0, 0.1) is 28.1 Å². The summed E-state index contributed by atoms with van der Waals surface area (Å²) in [5, 5.41) is 22.8. The average molecular weight is 294 g/mol. The van der Waals surface area contributed by atoms with Crippen molar-refractivity contribution in [3.63, 3.8) is 0 Å². The van der Waals surface area contributed by atoms with Crippen LogP contribution in [0.15, 0.2) is 0 Å². The minimum atomic E-state index is -0.868. The number of aliphatic hydroxyl groups excluding tert-OH is 1. The molecule has 4 saturated carbocycles. The monoisotopic (exact) mass is 294 g/mol. The Morgan fingerprint density at radius 2 is 1.86 bits per heavy atom. The summed E-state index contributed by atoms with van der Waals surface area (Å²) in [5.74, 6) is 1.06. The van der Waals surface area contributed by atoms with Gasteiger partial charge in [0.2, 0.25) is 0 Å². The Morgan fingerprint density at radius 1 is 1.14 bits per heavy atom. The van der Waals surface area contributed by atoms with Gasteiger partial charge in [-0.2, -0.15) is 0 Å². The number of fused-ring (bicyclic) bond motifs is 1. The summed E-state index contributed by atoms with van der Waals surface area (Å²) < 4.78 is 5.53. The van der Waals surface area contributed by atoms with Crippen LogP contribution in [0.4, 0.5) is 0 Å². The molecule has 3 heteroatoms. The van der Waals surface area contributed by atoms with Crippen LogP contribution in [0.2, 0.25) is 0 Å². The van der Waals surface area contributed by atoms with E-state index in [-0.39, 0.29) is 22.3 Å². The van der Waals surface area contributed by atoms with Gasteiger partial charge in [-0.25, -0.2) is 0 Å². The van der Waals surface area contributed by atoms with E-state index < -0.39 is 5.60 Å². The lowest BCUT2D eigenvalue weighted by atomic mass is 9.51. The third-order valence-corrected chi connectivity index (χ3v) is 8.81. The molecule has 4 bridgehead atoms. The third-order valence-electron chi connectivity index (χ3n) is 8.81. The molecule has 0 amide bonds. The summed E-state index contributed by atoms with van der Waals surface area (Å²) in [6.07, 6.45) is 7.42. The number of aliphatic hydroxyl groups is 2. The molecule has 3 nitrogen and oxygen atoms in total. The van der Waals surface area contributed by atoms with Crippen LogP contribution in [0.25, 0.3) is 0 Å². The number of hydrogen-bond acceptors (Lipinski definition) is 3. The minimum absolute atomic E-state index is 0.107. The van der Waals surface area contributed by atoms with Gasteiger partial charge >= 0.3 is 0 Å². The molecule has 0 radical (unpaired) electrons. The van der Waals surface area contributed by atoms with Crippen molar-refractivity contribution in [1.82, 2.24) is 0 Å². The molecule has 4 aliphatic rings. The molecule has 4 aliphatic carbocycles. The minimum Gasteiger partial charge on any atom is -0.392 e. The van der Waals surface area contributed by atoms with Crippen molar-refractivity contribution >= 4 is 0 Å². The first-order chi connectivity index (χ1) is 9.88. The molecular weight excluding hydrogens is 264 g/mol. The highest BCUT2D eigenvalue weighted by Crippen LogP contribution is 2.84. The van der Waals surface area contributed by atoms with Crippen LogP contribution in [-0.2, 0) is 4.74 Å². The molecule has 120 valence electrons. The van der Waals surface area contributed by atoms with Crippen LogP contribution in [0.5, 0.6) is 0 Å². The van der Waals surface area contributed by atoms with Gasteiger partial charge in [0.15, 0.2) is 0 Å². The van der Waals surface area contributed by atoms with E-state index in [1.165, 1.54) is 25.7 Å². The molecule has 0 heterocycles. The maximum absolute atomic E-state index is 11.9. The fourth-order valence-electron chi connectivity index (χ4n) is 7.92. The van der Waals surface area contributed by atoms with Crippen molar-refractivity contribution in [2.45, 2.75) is 70.5 Å². The molecule has 7 atom stereocenters. The summed E-state index contributed by atoms with van der Waals surface area (Å²) in [4.78, 5) is 0. The highest BCUT2D eigenvalue weighted by atomic mass is 16.5. The largest absolute Gasteiger partial charge is 0.392 e. The quantitative estimate of drug-likeness (QED) is 0.823. The van der Waals surface area contributed by atoms with Crippen LogP contribution in [0.3, 0.4) is 0 Å². The molecule has 7 unspecified atom stereocenters. The molecular formula is C18H30O3. The van der Waals surface area contributed by atoms with Crippen molar-refractivity contribution < 1.29 is 14.9 Å². The Morgan fingerprint density at radius 3 is 2.48 bits per heavy atom. The molecule has 0 aromatic heterocycles. The molecule has 0 aromatic carbocycles. The Kier molecular flexibility index (Phi) is 2.78. The first kappa shape index (κ1) is 14.5. The van der Waals surface area contributed by atoms with Crippen molar-refractivity contribution in [2.75, 3.05) is 13.7 Å². The fraction of sp³-hybridized carbons (Fsp3) is 1.00. The highest BCUT2D eigenvalue weighted by molar-refractivity contribution is 5.33. The van der Waals surface area contributed by atoms with Gasteiger partial charge in [0.1, 0.15) is 5.60 Å². The van der Waals surface area contributed by atoms with Crippen molar-refractivity contribution in [1.29, 1.82) is 0 Å². The Bertz CT molecular complexity index is 465. The zero-order valence-corrected chi connectivity index (χ0v) is 13.7. The maximum Gasteiger partial charge on any atom is 0.102 e. The molecule has 0 aromatic rings. The van der Waals surface area contributed by atoms with Gasteiger partial charge < -0.3 is 14.9 Å². The van der Waals surface area contributed by atoms with Gasteiger partial charge in [-0.15, -0.1) is 0 Å². The molecule has 21 heavy (non-hydrogen) atoms. The molecule has 2 N–H and O–H groups in total. The number of hydrogen-bond donors (Lipinski definition) is 2. The second-order valence-corrected chi connectivity index (χ2v) is 8.74. The molecule has 1 spiro atoms. The van der Waals surface area contributed by atoms with E-state index in [0.29, 0.717) is 18.4 Å². The number of ether oxygens (including phenoxy) is 1. The lowest BCUT2D eigenvalue weighted by Crippen LogP contribution is -2.65. The fourth-order valence-corrected chi connectivity index (χ4v) is 7.92. The normalized spacial score (nSPS) is 61.9. The second kappa shape index (κ2) is 4.04. The zero-order chi connectivity index (χ0) is 15.1. The summed E-state index contributed by atoms with van der Waals surface area (Å²) in [6, 6.07) is 0. The highest BCUT2D eigenvalue weighted by Gasteiger charge is 2.85. The topological polar surface area (TPSA) is 49.7 Å². The van der Waals surface area contributed by atoms with Gasteiger partial charge in [0.05, 0.1) is 12.7 Å². The van der Waals surface area contributed by atoms with Crippen LogP contribution >= 0.6 is 0 Å². The van der Waals surface area contributed by atoms with Crippen molar-refractivity contribution in [3.05, 3.63) is 0 Å². The van der Waals surface area contributed by atoms with Gasteiger partial charge in [0, 0.05) is 17.9 Å². The molecule has 0 aliphatic heterocycles. The lowest BCUT2D eigenvalue weighted by Gasteiger charge is -2.58. The number of methoxy groups -OCH3 is 1. The standard InChI is InChI=1S/C18H30O3/c1-15-8-4-6-12-10-13(15)17(9-5-7-14(17)19)18(20,11-21-3)16(12,15)2/h12-14,19-20H,4-11H2,1-3H3. The predicted molar refractivity (Wildman–Crippen MR) is 80.8 cm³/mol. The van der Waals surface area contributed by atoms with E-state index in [0.717, 1.165) is 19.3 Å². The molecule has 0 saturated heterocycles. The summed E-state index contributed by atoms with van der Waals surface area (Å²) >= 11 is 0. The Labute approximate surface area is 128 Å². The number of rotatable bonds is 2. The predicted octanol–water partition coefficient (Wildman–Crippen LogP) is 2.74. The van der Waals surface area contributed by atoms with Gasteiger partial charge in [-0.3, -0.25) is 0 Å². The molecule has 4 fully saturated rings. The Hall–Kier alpha value is -0.120. The van der Waals surface area contributed by atoms with Gasteiger partial charge in [0.25, 0.3) is 0 Å². The average Bonchev–Trinajstić information content (AvgIpc) is 2.87. The summed E-state index contributed by atoms with van der Waals surface area (Å²) in [6.45, 7) is 5.09. The first-order valence-electron chi connectivity index (χ1n) is 8.78. The maximum atomic E-state index is 11.9. The van der Waals surface area contributed by atoms with Crippen LogP contribution in [0.1, 0.15) is 58.8 Å². The zero-order valence-electron chi connectivity index (χ0n) is 13.7. The van der Waals surface area contributed by atoms with E-state index in [4.69, 9.17) is 4.74 Å². The summed E-state index contributed by atoms with van der Waals surface area (Å²) in [5.41, 5.74) is -1.14. The third kappa shape index (κ3) is 1.20. The van der Waals surface area contributed by atoms with E-state index in [1.54, 1.807) is 7.11 Å². The van der Waals surface area contributed by atoms with Crippen LogP contribution in [-0.4, -0.2) is 35.6 Å². The van der Waals surface area contributed by atoms with E-state index in [2.05, 4.69) is 13.8 Å². The molecule has 4 rings (SSSR count). The van der Waals surface area contributed by atoms with Crippen molar-refractivity contribution in [2.24, 2.45) is 28.1 Å². The Balaban J connectivity index is 1.94.